The van der Waals surface area contributed by atoms with Crippen molar-refractivity contribution in [3.05, 3.63) is 0 Å². The molecule has 0 bridgehead atoms. The van der Waals surface area contributed by atoms with Crippen LogP contribution in [0.3, 0.4) is 0 Å². The van der Waals surface area contributed by atoms with E-state index in [9.17, 15) is 0 Å². The molecule has 1 aliphatic carbocycles. The normalized spacial score (nSPS) is 35.1. The van der Waals surface area contributed by atoms with Crippen molar-refractivity contribution in [2.24, 2.45) is 5.41 Å². The zero-order valence-electron chi connectivity index (χ0n) is 13.1. The quantitative estimate of drug-likeness (QED) is 0.705. The Morgan fingerprint density at radius 1 is 1.11 bits per heavy atom. The Bertz CT molecular complexity index is 346. The standard InChI is InChI=1S/C15H29N3O/c1-14(2,3)18-9-8-17-11-13(19-16(4)5)15(6-7-15)12(17)10-18/h12-13H,6-11H2,1-5H3. The number of nitrogens with zero attached hydrogens (tertiary/aromatic N) is 3. The van der Waals surface area contributed by atoms with E-state index in [1.807, 2.05) is 19.2 Å². The zero-order valence-corrected chi connectivity index (χ0v) is 13.1. The van der Waals surface area contributed by atoms with Gasteiger partial charge in [-0.15, -0.1) is 0 Å². The Kier molecular flexibility index (Phi) is 3.21. The molecular weight excluding hydrogens is 238 g/mol. The second kappa shape index (κ2) is 4.42. The van der Waals surface area contributed by atoms with Gasteiger partial charge in [0.25, 0.3) is 0 Å². The van der Waals surface area contributed by atoms with Crippen molar-refractivity contribution in [2.45, 2.75) is 51.3 Å². The minimum Gasteiger partial charge on any atom is -0.296 e. The van der Waals surface area contributed by atoms with Gasteiger partial charge in [-0.05, 0) is 33.6 Å². The van der Waals surface area contributed by atoms with Crippen LogP contribution in [0.5, 0.6) is 0 Å². The summed E-state index contributed by atoms with van der Waals surface area (Å²) in [6, 6.07) is 0.713. The molecule has 2 heterocycles. The number of piperazine rings is 1. The number of rotatable bonds is 2. The molecule has 4 heteroatoms. The molecule has 2 saturated heterocycles. The van der Waals surface area contributed by atoms with Gasteiger partial charge < -0.3 is 0 Å². The van der Waals surface area contributed by atoms with Crippen molar-refractivity contribution in [1.29, 1.82) is 0 Å². The van der Waals surface area contributed by atoms with Crippen LogP contribution in [0.1, 0.15) is 33.6 Å². The summed E-state index contributed by atoms with van der Waals surface area (Å²) in [5.41, 5.74) is 0.747. The summed E-state index contributed by atoms with van der Waals surface area (Å²) < 4.78 is 0. The summed E-state index contributed by atoms with van der Waals surface area (Å²) >= 11 is 0. The van der Waals surface area contributed by atoms with Crippen LogP contribution in [0.15, 0.2) is 0 Å². The highest BCUT2D eigenvalue weighted by Gasteiger charge is 2.63. The van der Waals surface area contributed by atoms with E-state index in [4.69, 9.17) is 4.84 Å². The van der Waals surface area contributed by atoms with Gasteiger partial charge >= 0.3 is 0 Å². The average Bonchev–Trinajstić information content (AvgIpc) is 3.01. The second-order valence-corrected chi connectivity index (χ2v) is 7.77. The molecule has 0 N–H and O–H groups in total. The lowest BCUT2D eigenvalue weighted by atomic mass is 9.91. The molecule has 0 amide bonds. The molecule has 0 aromatic carbocycles. The Morgan fingerprint density at radius 3 is 2.32 bits per heavy atom. The van der Waals surface area contributed by atoms with Gasteiger partial charge in [0.1, 0.15) is 0 Å². The molecular formula is C15H29N3O. The maximum absolute atomic E-state index is 6.07. The number of hydroxylamine groups is 2. The van der Waals surface area contributed by atoms with Crippen molar-refractivity contribution < 1.29 is 4.84 Å². The minimum absolute atomic E-state index is 0.294. The fourth-order valence-corrected chi connectivity index (χ4v) is 4.00. The highest BCUT2D eigenvalue weighted by Crippen LogP contribution is 2.59. The number of fused-ring (bicyclic) bond motifs is 2. The van der Waals surface area contributed by atoms with E-state index in [1.54, 1.807) is 0 Å². The van der Waals surface area contributed by atoms with Crippen molar-refractivity contribution in [3.8, 4) is 0 Å². The van der Waals surface area contributed by atoms with E-state index in [1.165, 1.54) is 32.5 Å². The summed E-state index contributed by atoms with van der Waals surface area (Å²) in [7, 11) is 4.02. The van der Waals surface area contributed by atoms with Gasteiger partial charge in [0.2, 0.25) is 0 Å². The van der Waals surface area contributed by atoms with Crippen LogP contribution in [0.25, 0.3) is 0 Å². The monoisotopic (exact) mass is 267 g/mol. The van der Waals surface area contributed by atoms with Crippen molar-refractivity contribution in [2.75, 3.05) is 40.3 Å². The Labute approximate surface area is 117 Å². The largest absolute Gasteiger partial charge is 0.296 e. The molecule has 3 rings (SSSR count). The van der Waals surface area contributed by atoms with Crippen LogP contribution in [0.2, 0.25) is 0 Å². The summed E-state index contributed by atoms with van der Waals surface area (Å²) in [4.78, 5) is 11.4. The number of hydrogen-bond acceptors (Lipinski definition) is 4. The Morgan fingerprint density at radius 2 is 1.79 bits per heavy atom. The van der Waals surface area contributed by atoms with Gasteiger partial charge in [0, 0.05) is 57.3 Å². The second-order valence-electron chi connectivity index (χ2n) is 7.77. The predicted molar refractivity (Wildman–Crippen MR) is 76.9 cm³/mol. The molecule has 3 aliphatic rings. The van der Waals surface area contributed by atoms with Crippen LogP contribution < -0.4 is 0 Å². The predicted octanol–water partition coefficient (Wildman–Crippen LogP) is 1.43. The van der Waals surface area contributed by atoms with Crippen molar-refractivity contribution >= 4 is 0 Å². The van der Waals surface area contributed by atoms with Crippen molar-refractivity contribution in [3.63, 3.8) is 0 Å². The maximum Gasteiger partial charge on any atom is 0.0990 e. The molecule has 1 spiro atoms. The topological polar surface area (TPSA) is 19.0 Å². The molecule has 0 radical (unpaired) electrons. The lowest BCUT2D eigenvalue weighted by Gasteiger charge is -2.45. The first-order valence-electron chi connectivity index (χ1n) is 7.66. The SMILES string of the molecule is CN(C)OC1CN2CCN(C(C)(C)C)CC2C12CC2. The van der Waals surface area contributed by atoms with E-state index in [0.717, 1.165) is 6.54 Å². The molecule has 1 saturated carbocycles. The molecule has 19 heavy (non-hydrogen) atoms. The van der Waals surface area contributed by atoms with Crippen LogP contribution in [-0.4, -0.2) is 72.8 Å². The van der Waals surface area contributed by atoms with E-state index in [-0.39, 0.29) is 0 Å². The van der Waals surface area contributed by atoms with E-state index < -0.39 is 0 Å². The van der Waals surface area contributed by atoms with Crippen molar-refractivity contribution in [1.82, 2.24) is 14.9 Å². The first-order chi connectivity index (χ1) is 8.83. The summed E-state index contributed by atoms with van der Waals surface area (Å²) in [5, 5.41) is 1.89. The first kappa shape index (κ1) is 13.8. The molecule has 2 atom stereocenters. The smallest absolute Gasteiger partial charge is 0.0990 e. The first-order valence-corrected chi connectivity index (χ1v) is 7.66. The van der Waals surface area contributed by atoms with Gasteiger partial charge in [-0.2, -0.15) is 5.06 Å². The third-order valence-electron chi connectivity index (χ3n) is 5.31. The summed E-state index contributed by atoms with van der Waals surface area (Å²) in [6.07, 6.45) is 3.11. The Balaban J connectivity index is 1.74. The average molecular weight is 267 g/mol. The van der Waals surface area contributed by atoms with E-state index >= 15 is 0 Å². The van der Waals surface area contributed by atoms with Gasteiger partial charge in [-0.25, -0.2) is 0 Å². The molecule has 2 unspecified atom stereocenters. The third kappa shape index (κ3) is 2.33. The fourth-order valence-electron chi connectivity index (χ4n) is 4.00. The third-order valence-corrected chi connectivity index (χ3v) is 5.31. The Hall–Kier alpha value is -0.160. The van der Waals surface area contributed by atoms with Crippen LogP contribution in [-0.2, 0) is 4.84 Å². The van der Waals surface area contributed by atoms with E-state index in [0.29, 0.717) is 23.1 Å². The summed E-state index contributed by atoms with van der Waals surface area (Å²) in [6.45, 7) is 11.8. The minimum atomic E-state index is 0.294. The molecule has 4 nitrogen and oxygen atoms in total. The lowest BCUT2D eigenvalue weighted by Crippen LogP contribution is -2.57. The lowest BCUT2D eigenvalue weighted by molar-refractivity contribution is -0.176. The highest BCUT2D eigenvalue weighted by atomic mass is 16.7. The molecule has 2 aliphatic heterocycles. The van der Waals surface area contributed by atoms with Gasteiger partial charge in [0.05, 0.1) is 6.10 Å². The molecule has 3 fully saturated rings. The van der Waals surface area contributed by atoms with Gasteiger partial charge in [-0.3, -0.25) is 14.6 Å². The van der Waals surface area contributed by atoms with Crippen LogP contribution in [0, 0.1) is 5.41 Å². The van der Waals surface area contributed by atoms with Gasteiger partial charge in [0.15, 0.2) is 0 Å². The molecule has 0 aromatic heterocycles. The maximum atomic E-state index is 6.07. The zero-order chi connectivity index (χ0) is 13.8. The van der Waals surface area contributed by atoms with Crippen LogP contribution >= 0.6 is 0 Å². The fraction of sp³-hybridized carbons (Fsp3) is 1.00. The van der Waals surface area contributed by atoms with Gasteiger partial charge in [-0.1, -0.05) is 0 Å². The highest BCUT2D eigenvalue weighted by molar-refractivity contribution is 5.15. The molecule has 110 valence electrons. The van der Waals surface area contributed by atoms with E-state index in [2.05, 4.69) is 30.6 Å². The number of hydrogen-bond donors (Lipinski definition) is 0. The summed E-state index contributed by atoms with van der Waals surface area (Å²) in [5.74, 6) is 0. The van der Waals surface area contributed by atoms with Crippen LogP contribution in [0.4, 0.5) is 0 Å². The molecule has 0 aromatic rings.